The van der Waals surface area contributed by atoms with Crippen LogP contribution in [0, 0.1) is 5.82 Å². The third-order valence-corrected chi connectivity index (χ3v) is 4.91. The Morgan fingerprint density at radius 2 is 2.00 bits per heavy atom. The van der Waals surface area contributed by atoms with E-state index in [0.29, 0.717) is 17.7 Å². The number of Topliss-reactive ketones (excluding diaryl/α,β-unsaturated/α-hetero) is 1. The van der Waals surface area contributed by atoms with Crippen molar-refractivity contribution in [1.82, 2.24) is 0 Å². The lowest BCUT2D eigenvalue weighted by Gasteiger charge is -2.32. The second-order valence-electron chi connectivity index (χ2n) is 6.52. The van der Waals surface area contributed by atoms with Crippen LogP contribution in [0.5, 0.6) is 0 Å². The zero-order valence-electron chi connectivity index (χ0n) is 15.2. The summed E-state index contributed by atoms with van der Waals surface area (Å²) in [6.07, 6.45) is 3.05. The zero-order chi connectivity index (χ0) is 20.4. The van der Waals surface area contributed by atoms with E-state index in [2.05, 4.69) is 5.10 Å². The molecular formula is C19H20FN3O4S. The molecule has 0 amide bonds. The average molecular weight is 405 g/mol. The van der Waals surface area contributed by atoms with E-state index >= 15 is 0 Å². The molecule has 0 bridgehead atoms. The number of halogens is 1. The summed E-state index contributed by atoms with van der Waals surface area (Å²) in [6, 6.07) is 12.3. The lowest BCUT2D eigenvalue weighted by molar-refractivity contribution is 0.0895. The highest BCUT2D eigenvalue weighted by Gasteiger charge is 2.43. The molecule has 2 N–H and O–H groups in total. The molecule has 28 heavy (non-hydrogen) atoms. The van der Waals surface area contributed by atoms with Gasteiger partial charge in [-0.25, -0.2) is 9.40 Å². The van der Waals surface area contributed by atoms with Crippen LogP contribution in [0.1, 0.15) is 22.3 Å². The Morgan fingerprint density at radius 1 is 1.29 bits per heavy atom. The van der Waals surface area contributed by atoms with Gasteiger partial charge in [0, 0.05) is 18.2 Å². The van der Waals surface area contributed by atoms with Crippen LogP contribution in [0.25, 0.3) is 0 Å². The van der Waals surface area contributed by atoms with E-state index in [-0.39, 0.29) is 18.8 Å². The van der Waals surface area contributed by atoms with E-state index in [0.717, 1.165) is 11.8 Å². The van der Waals surface area contributed by atoms with Crippen molar-refractivity contribution in [3.63, 3.8) is 0 Å². The number of nitrogens with two attached hydrogens (primary N) is 1. The van der Waals surface area contributed by atoms with Crippen LogP contribution in [-0.4, -0.2) is 38.9 Å². The molecular weight excluding hydrogens is 385 g/mol. The Labute approximate surface area is 162 Å². The first-order chi connectivity index (χ1) is 13.2. The van der Waals surface area contributed by atoms with E-state index in [4.69, 9.17) is 9.92 Å². The molecule has 0 saturated carbocycles. The van der Waals surface area contributed by atoms with Crippen molar-refractivity contribution >= 4 is 27.8 Å². The van der Waals surface area contributed by atoms with Gasteiger partial charge >= 0.3 is 0 Å². The highest BCUT2D eigenvalue weighted by atomic mass is 32.2. The molecule has 7 nitrogen and oxygen atoms in total. The first-order valence-corrected chi connectivity index (χ1v) is 10.4. The molecule has 1 aliphatic heterocycles. The average Bonchev–Trinajstić information content (AvgIpc) is 3.04. The lowest BCUT2D eigenvalue weighted by Crippen LogP contribution is -2.57. The topological polar surface area (TPSA) is 102 Å². The van der Waals surface area contributed by atoms with E-state index in [1.54, 1.807) is 30.5 Å². The molecule has 2 aromatic carbocycles. The molecule has 2 aromatic rings. The van der Waals surface area contributed by atoms with Gasteiger partial charge in [0.1, 0.15) is 5.82 Å². The van der Waals surface area contributed by atoms with Crippen molar-refractivity contribution < 1.29 is 21.8 Å². The molecule has 148 valence electrons. The summed E-state index contributed by atoms with van der Waals surface area (Å²) in [4.78, 5) is 13.2. The maximum atomic E-state index is 13.2. The van der Waals surface area contributed by atoms with Gasteiger partial charge in [0.05, 0.1) is 18.6 Å². The number of hydrazone groups is 1. The van der Waals surface area contributed by atoms with Crippen molar-refractivity contribution in [1.29, 1.82) is 0 Å². The van der Waals surface area contributed by atoms with Crippen LogP contribution in [0.4, 0.5) is 10.1 Å². The van der Waals surface area contributed by atoms with Gasteiger partial charge in [-0.1, -0.05) is 18.2 Å². The summed E-state index contributed by atoms with van der Waals surface area (Å²) in [5.41, 5.74) is 6.60. The van der Waals surface area contributed by atoms with Gasteiger partial charge in [0.2, 0.25) is 5.78 Å². The van der Waals surface area contributed by atoms with Crippen LogP contribution < -0.4 is 10.7 Å². The minimum absolute atomic E-state index is 0.0188. The number of benzene rings is 2. The van der Waals surface area contributed by atoms with Crippen LogP contribution >= 0.6 is 0 Å². The van der Waals surface area contributed by atoms with Crippen LogP contribution in [0.3, 0.4) is 0 Å². The van der Waals surface area contributed by atoms with Crippen LogP contribution in [0.2, 0.25) is 0 Å². The molecule has 1 unspecified atom stereocenters. The summed E-state index contributed by atoms with van der Waals surface area (Å²) in [6.45, 7) is -0.0188. The van der Waals surface area contributed by atoms with Crippen molar-refractivity contribution in [2.75, 3.05) is 17.9 Å². The fourth-order valence-electron chi connectivity index (χ4n) is 2.95. The van der Waals surface area contributed by atoms with Gasteiger partial charge in [-0.2, -0.15) is 13.5 Å². The van der Waals surface area contributed by atoms with Crippen molar-refractivity contribution in [3.05, 3.63) is 65.5 Å². The van der Waals surface area contributed by atoms with Crippen molar-refractivity contribution in [3.8, 4) is 0 Å². The predicted molar refractivity (Wildman–Crippen MR) is 104 cm³/mol. The summed E-state index contributed by atoms with van der Waals surface area (Å²) in [5.74, 6) is -0.745. The number of anilines is 1. The summed E-state index contributed by atoms with van der Waals surface area (Å²) in [7, 11) is -3.52. The first-order valence-electron chi connectivity index (χ1n) is 8.54. The molecule has 3 rings (SSSR count). The van der Waals surface area contributed by atoms with E-state index in [9.17, 15) is 17.6 Å². The molecule has 9 heteroatoms. The molecule has 1 atom stereocenters. The third-order valence-electron chi connectivity index (χ3n) is 4.32. The molecule has 1 aliphatic rings. The van der Waals surface area contributed by atoms with Gasteiger partial charge in [0.15, 0.2) is 5.66 Å². The summed E-state index contributed by atoms with van der Waals surface area (Å²) >= 11 is 0. The Hall–Kier alpha value is -2.62. The second kappa shape index (κ2) is 7.78. The summed E-state index contributed by atoms with van der Waals surface area (Å²) < 4.78 is 40.1. The molecule has 0 radical (unpaired) electrons. The minimum atomic E-state index is -3.52. The smallest absolute Gasteiger partial charge is 0.264 e. The minimum Gasteiger partial charge on any atom is -0.300 e. The van der Waals surface area contributed by atoms with E-state index in [1.807, 2.05) is 0 Å². The number of carbonyl (C=O) groups excluding carboxylic acids is 1. The second-order valence-corrected chi connectivity index (χ2v) is 8.16. The number of ketones is 1. The van der Waals surface area contributed by atoms with Crippen molar-refractivity contribution in [2.45, 2.75) is 18.5 Å². The third kappa shape index (κ3) is 4.44. The number of nitrogens with zero attached hydrogens (tertiary/aromatic N) is 2. The van der Waals surface area contributed by atoms with E-state index in [1.165, 1.54) is 29.3 Å². The quantitative estimate of drug-likeness (QED) is 0.559. The molecule has 0 saturated heterocycles. The summed E-state index contributed by atoms with van der Waals surface area (Å²) in [5, 5.41) is 5.57. The molecule has 1 heterocycles. The fourth-order valence-corrected chi connectivity index (χ4v) is 3.33. The van der Waals surface area contributed by atoms with Gasteiger partial charge in [-0.05, 0) is 42.3 Å². The Morgan fingerprint density at radius 3 is 2.68 bits per heavy atom. The fraction of sp³-hybridized carbons (Fsp3) is 0.263. The maximum absolute atomic E-state index is 13.2. The normalized spacial score (nSPS) is 19.2. The molecule has 0 aliphatic carbocycles. The Balaban J connectivity index is 1.80. The maximum Gasteiger partial charge on any atom is 0.264 e. The molecule has 0 fully saturated rings. The van der Waals surface area contributed by atoms with Gasteiger partial charge in [0.25, 0.3) is 10.1 Å². The van der Waals surface area contributed by atoms with Gasteiger partial charge < -0.3 is 5.73 Å². The van der Waals surface area contributed by atoms with Crippen molar-refractivity contribution in [2.24, 2.45) is 10.8 Å². The van der Waals surface area contributed by atoms with Gasteiger partial charge in [-0.3, -0.25) is 8.98 Å². The van der Waals surface area contributed by atoms with E-state index < -0.39 is 21.6 Å². The Bertz CT molecular complexity index is 1010. The number of hydrogen-bond donors (Lipinski definition) is 1. The van der Waals surface area contributed by atoms with Gasteiger partial charge in [-0.15, -0.1) is 0 Å². The number of rotatable bonds is 7. The highest BCUT2D eigenvalue weighted by Crippen LogP contribution is 2.30. The molecule has 0 aromatic heterocycles. The SMILES string of the molecule is CS(=O)(=O)OCCc1cccc(C(=O)C2(N)CC=NN2c2ccc(F)cc2)c1. The lowest BCUT2D eigenvalue weighted by atomic mass is 9.94. The standard InChI is InChI=1S/C19H20FN3O4S/c1-28(25,26)27-12-9-14-3-2-4-15(13-14)18(24)19(21)10-11-22-23(19)17-7-5-16(20)6-8-17/h2-8,11,13H,9-10,12,21H2,1H3. The first kappa shape index (κ1) is 20.1. The van der Waals surface area contributed by atoms with Crippen LogP contribution in [-0.2, 0) is 20.7 Å². The predicted octanol–water partition coefficient (Wildman–Crippen LogP) is 2.08. The highest BCUT2D eigenvalue weighted by molar-refractivity contribution is 7.85. The largest absolute Gasteiger partial charge is 0.300 e. The number of hydrogen-bond acceptors (Lipinski definition) is 7. The Kier molecular flexibility index (Phi) is 5.59. The molecule has 0 spiro atoms. The monoisotopic (exact) mass is 405 g/mol. The zero-order valence-corrected chi connectivity index (χ0v) is 16.0. The number of carbonyl (C=O) groups is 1. The van der Waals surface area contributed by atoms with Crippen LogP contribution in [0.15, 0.2) is 53.6 Å².